The van der Waals surface area contributed by atoms with Gasteiger partial charge in [-0.25, -0.2) is 0 Å². The topological polar surface area (TPSA) is 21.3 Å². The van der Waals surface area contributed by atoms with Crippen LogP contribution in [0.1, 0.15) is 38.5 Å². The Balaban J connectivity index is 1.46. The van der Waals surface area contributed by atoms with Crippen molar-refractivity contribution in [3.8, 4) is 0 Å². The van der Waals surface area contributed by atoms with Crippen LogP contribution in [-0.2, 0) is 4.74 Å². The van der Waals surface area contributed by atoms with E-state index in [9.17, 15) is 0 Å². The molecule has 2 aliphatic rings. The maximum absolute atomic E-state index is 5.62. The molecule has 2 rings (SSSR count). The SMILES string of the molecule is C1CC[C@H](CCOCC2CC2)NC1. The lowest BCUT2D eigenvalue weighted by Crippen LogP contribution is -2.34. The zero-order valence-electron chi connectivity index (χ0n) is 8.43. The fraction of sp³-hybridized carbons (Fsp3) is 1.00. The van der Waals surface area contributed by atoms with Gasteiger partial charge in [-0.15, -0.1) is 0 Å². The fourth-order valence-corrected chi connectivity index (χ4v) is 1.93. The summed E-state index contributed by atoms with van der Waals surface area (Å²) >= 11 is 0. The Morgan fingerprint density at radius 2 is 2.08 bits per heavy atom. The van der Waals surface area contributed by atoms with E-state index in [1.807, 2.05) is 0 Å². The van der Waals surface area contributed by atoms with E-state index in [0.29, 0.717) is 0 Å². The molecule has 2 nitrogen and oxygen atoms in total. The van der Waals surface area contributed by atoms with Gasteiger partial charge in [0.15, 0.2) is 0 Å². The molecular formula is C11H21NO. The van der Waals surface area contributed by atoms with Crippen molar-refractivity contribution in [3.05, 3.63) is 0 Å². The lowest BCUT2D eigenvalue weighted by atomic mass is 10.0. The third kappa shape index (κ3) is 3.65. The first-order valence-corrected chi connectivity index (χ1v) is 5.76. The van der Waals surface area contributed by atoms with Gasteiger partial charge in [0.25, 0.3) is 0 Å². The van der Waals surface area contributed by atoms with Crippen LogP contribution in [0.3, 0.4) is 0 Å². The Hall–Kier alpha value is -0.0800. The molecule has 0 radical (unpaired) electrons. The van der Waals surface area contributed by atoms with Crippen LogP contribution in [0.5, 0.6) is 0 Å². The molecule has 1 aliphatic heterocycles. The second-order valence-electron chi connectivity index (χ2n) is 4.45. The molecule has 2 heteroatoms. The highest BCUT2D eigenvalue weighted by Crippen LogP contribution is 2.28. The van der Waals surface area contributed by atoms with Crippen molar-refractivity contribution in [1.29, 1.82) is 0 Å². The summed E-state index contributed by atoms with van der Waals surface area (Å²) in [5.41, 5.74) is 0. The van der Waals surface area contributed by atoms with E-state index in [1.54, 1.807) is 0 Å². The van der Waals surface area contributed by atoms with Crippen molar-refractivity contribution >= 4 is 0 Å². The molecule has 1 saturated carbocycles. The first-order valence-electron chi connectivity index (χ1n) is 5.76. The zero-order chi connectivity index (χ0) is 8.93. The van der Waals surface area contributed by atoms with Crippen LogP contribution in [0.2, 0.25) is 0 Å². The summed E-state index contributed by atoms with van der Waals surface area (Å²) in [5.74, 6) is 0.916. The molecule has 0 bridgehead atoms. The number of piperidine rings is 1. The van der Waals surface area contributed by atoms with Crippen LogP contribution in [0.4, 0.5) is 0 Å². The van der Waals surface area contributed by atoms with Crippen molar-refractivity contribution in [1.82, 2.24) is 5.32 Å². The third-order valence-corrected chi connectivity index (χ3v) is 3.07. The van der Waals surface area contributed by atoms with Crippen molar-refractivity contribution < 1.29 is 4.74 Å². The van der Waals surface area contributed by atoms with Gasteiger partial charge in [-0.2, -0.15) is 0 Å². The molecule has 1 atom stereocenters. The molecule has 0 aromatic carbocycles. The number of hydrogen-bond donors (Lipinski definition) is 1. The third-order valence-electron chi connectivity index (χ3n) is 3.07. The molecule has 76 valence electrons. The summed E-state index contributed by atoms with van der Waals surface area (Å²) in [6, 6.07) is 0.743. The van der Waals surface area contributed by atoms with Crippen molar-refractivity contribution in [2.45, 2.75) is 44.6 Å². The van der Waals surface area contributed by atoms with Crippen LogP contribution in [0.15, 0.2) is 0 Å². The number of rotatable bonds is 5. The van der Waals surface area contributed by atoms with Crippen LogP contribution in [-0.4, -0.2) is 25.8 Å². The summed E-state index contributed by atoms with van der Waals surface area (Å²) in [6.45, 7) is 3.20. The molecule has 1 saturated heterocycles. The van der Waals surface area contributed by atoms with Gasteiger partial charge in [0.05, 0.1) is 0 Å². The molecule has 0 unspecified atom stereocenters. The van der Waals surface area contributed by atoms with Gasteiger partial charge in [-0.05, 0) is 44.6 Å². The van der Waals surface area contributed by atoms with Gasteiger partial charge in [-0.3, -0.25) is 0 Å². The van der Waals surface area contributed by atoms with Crippen molar-refractivity contribution in [2.75, 3.05) is 19.8 Å². The summed E-state index contributed by atoms with van der Waals surface area (Å²) < 4.78 is 5.62. The monoisotopic (exact) mass is 183 g/mol. The Bertz CT molecular complexity index is 139. The van der Waals surface area contributed by atoms with Gasteiger partial charge in [0, 0.05) is 19.3 Å². The highest BCUT2D eigenvalue weighted by molar-refractivity contribution is 4.73. The second kappa shape index (κ2) is 4.97. The lowest BCUT2D eigenvalue weighted by molar-refractivity contribution is 0.112. The normalized spacial score (nSPS) is 29.1. The van der Waals surface area contributed by atoms with E-state index in [2.05, 4.69) is 5.32 Å². The first kappa shape index (κ1) is 9.47. The molecule has 1 heterocycles. The van der Waals surface area contributed by atoms with Crippen LogP contribution < -0.4 is 5.32 Å². The molecule has 13 heavy (non-hydrogen) atoms. The van der Waals surface area contributed by atoms with E-state index in [4.69, 9.17) is 4.74 Å². The van der Waals surface area contributed by atoms with Gasteiger partial charge in [0.2, 0.25) is 0 Å². The summed E-state index contributed by atoms with van der Waals surface area (Å²) in [5, 5.41) is 3.54. The maximum atomic E-state index is 5.62. The molecule has 1 aliphatic carbocycles. The van der Waals surface area contributed by atoms with Crippen molar-refractivity contribution in [3.63, 3.8) is 0 Å². The Morgan fingerprint density at radius 1 is 1.15 bits per heavy atom. The lowest BCUT2D eigenvalue weighted by Gasteiger charge is -2.23. The zero-order valence-corrected chi connectivity index (χ0v) is 8.43. The molecule has 0 amide bonds. The first-order chi connectivity index (χ1) is 6.45. The van der Waals surface area contributed by atoms with E-state index in [1.165, 1.54) is 45.1 Å². The maximum Gasteiger partial charge on any atom is 0.0494 e. The minimum atomic E-state index is 0.743. The van der Waals surface area contributed by atoms with E-state index in [0.717, 1.165) is 25.2 Å². The largest absolute Gasteiger partial charge is 0.381 e. The Morgan fingerprint density at radius 3 is 2.77 bits per heavy atom. The standard InChI is InChI=1S/C11H21NO/c1-2-7-12-11(3-1)6-8-13-9-10-4-5-10/h10-12H,1-9H2/t11-/m1/s1. The number of ether oxygens (including phenoxy) is 1. The number of hydrogen-bond acceptors (Lipinski definition) is 2. The molecule has 0 aromatic rings. The van der Waals surface area contributed by atoms with E-state index >= 15 is 0 Å². The smallest absolute Gasteiger partial charge is 0.0494 e. The number of nitrogens with one attached hydrogen (secondary N) is 1. The van der Waals surface area contributed by atoms with Gasteiger partial charge >= 0.3 is 0 Å². The quantitative estimate of drug-likeness (QED) is 0.658. The predicted molar refractivity (Wildman–Crippen MR) is 53.8 cm³/mol. The van der Waals surface area contributed by atoms with Crippen molar-refractivity contribution in [2.24, 2.45) is 5.92 Å². The van der Waals surface area contributed by atoms with Crippen LogP contribution >= 0.6 is 0 Å². The van der Waals surface area contributed by atoms with E-state index in [-0.39, 0.29) is 0 Å². The van der Waals surface area contributed by atoms with Gasteiger partial charge < -0.3 is 10.1 Å². The summed E-state index contributed by atoms with van der Waals surface area (Å²) in [6.07, 6.45) is 8.14. The molecule has 0 spiro atoms. The average Bonchev–Trinajstić information content (AvgIpc) is 2.98. The predicted octanol–water partition coefficient (Wildman–Crippen LogP) is 1.95. The van der Waals surface area contributed by atoms with Crippen LogP contribution in [0.25, 0.3) is 0 Å². The Labute approximate surface area is 81.0 Å². The molecule has 2 fully saturated rings. The molecule has 0 aromatic heterocycles. The summed E-state index contributed by atoms with van der Waals surface area (Å²) in [7, 11) is 0. The average molecular weight is 183 g/mol. The van der Waals surface area contributed by atoms with Crippen LogP contribution in [0, 0.1) is 5.92 Å². The van der Waals surface area contributed by atoms with Gasteiger partial charge in [0.1, 0.15) is 0 Å². The fourth-order valence-electron chi connectivity index (χ4n) is 1.93. The highest BCUT2D eigenvalue weighted by atomic mass is 16.5. The van der Waals surface area contributed by atoms with Gasteiger partial charge in [-0.1, -0.05) is 6.42 Å². The second-order valence-corrected chi connectivity index (χ2v) is 4.45. The minimum absolute atomic E-state index is 0.743. The summed E-state index contributed by atoms with van der Waals surface area (Å²) in [4.78, 5) is 0. The molecular weight excluding hydrogens is 162 g/mol. The minimum Gasteiger partial charge on any atom is -0.381 e. The highest BCUT2D eigenvalue weighted by Gasteiger charge is 2.21. The molecule has 1 N–H and O–H groups in total. The Kier molecular flexibility index (Phi) is 3.62. The van der Waals surface area contributed by atoms with E-state index < -0.39 is 0 Å².